The van der Waals surface area contributed by atoms with Gasteiger partial charge in [0.05, 0.1) is 53.9 Å². The average Bonchev–Trinajstić information content (AvgIpc) is 3.30. The lowest BCUT2D eigenvalue weighted by molar-refractivity contribution is 0.172. The molecule has 13 nitrogen and oxygen atoms in total. The molecule has 0 aliphatic rings. The van der Waals surface area contributed by atoms with Gasteiger partial charge in [-0.15, -0.1) is 0 Å². The number of rotatable bonds is 13. The van der Waals surface area contributed by atoms with E-state index in [0.717, 1.165) is 22.3 Å². The van der Waals surface area contributed by atoms with Crippen molar-refractivity contribution in [3.8, 4) is 57.5 Å². The smallest absolute Gasteiger partial charge is 0.200 e. The summed E-state index contributed by atoms with van der Waals surface area (Å²) in [7, 11) is 7.41. The fourth-order valence-corrected chi connectivity index (χ4v) is 5.39. The second kappa shape index (κ2) is 29.7. The SMILES string of the molecule is C/C=C/c1cc(OC)c(O)c(OC)c1.C/C=C/c1ccc(O)cc1.CCC(O)c1cc(OC)c(O)c(OC)c1.CCC(O)c1ccc(O)c(OC)c1.CCC(O)c1ccc(O)cc1. The molecule has 8 N–H and O–H groups in total. The molecule has 0 saturated carbocycles. The van der Waals surface area contributed by atoms with Crippen molar-refractivity contribution < 1.29 is 64.5 Å². The average molecular weight is 875 g/mol. The molecular weight excluding hydrogens is 809 g/mol. The van der Waals surface area contributed by atoms with Crippen LogP contribution in [-0.4, -0.2) is 76.4 Å². The molecule has 63 heavy (non-hydrogen) atoms. The van der Waals surface area contributed by atoms with Crippen LogP contribution in [0, 0.1) is 0 Å². The topological polar surface area (TPSA) is 208 Å². The summed E-state index contributed by atoms with van der Waals surface area (Å²) in [5, 5.41) is 74.9. The van der Waals surface area contributed by atoms with Crippen LogP contribution in [0.25, 0.3) is 12.2 Å². The summed E-state index contributed by atoms with van der Waals surface area (Å²) in [5.74, 6) is 2.45. The van der Waals surface area contributed by atoms with Crippen molar-refractivity contribution in [2.75, 3.05) is 35.5 Å². The number of phenols is 5. The molecule has 5 rings (SSSR count). The van der Waals surface area contributed by atoms with Gasteiger partial charge in [0.25, 0.3) is 0 Å². The summed E-state index contributed by atoms with van der Waals surface area (Å²) in [5.41, 5.74) is 4.32. The summed E-state index contributed by atoms with van der Waals surface area (Å²) >= 11 is 0. The highest BCUT2D eigenvalue weighted by Crippen LogP contribution is 2.39. The number of allylic oxidation sites excluding steroid dienone is 2. The molecule has 0 heterocycles. The Balaban J connectivity index is 0.000000396. The first kappa shape index (κ1) is 54.5. The number of ether oxygens (including phenoxy) is 5. The fourth-order valence-electron chi connectivity index (χ4n) is 5.39. The van der Waals surface area contributed by atoms with Crippen LogP contribution in [0.3, 0.4) is 0 Å². The van der Waals surface area contributed by atoms with E-state index >= 15 is 0 Å². The number of hydrogen-bond acceptors (Lipinski definition) is 13. The molecular formula is C50H66O13. The number of methoxy groups -OCH3 is 5. The molecule has 0 radical (unpaired) electrons. The predicted molar refractivity (Wildman–Crippen MR) is 248 cm³/mol. The number of aliphatic hydroxyl groups is 3. The molecule has 0 aliphatic carbocycles. The Morgan fingerprint density at radius 1 is 0.413 bits per heavy atom. The maximum Gasteiger partial charge on any atom is 0.200 e. The Labute approximate surface area is 372 Å². The first-order chi connectivity index (χ1) is 30.1. The minimum Gasteiger partial charge on any atom is -0.508 e. The normalized spacial score (nSPS) is 11.8. The molecule has 0 saturated heterocycles. The van der Waals surface area contributed by atoms with E-state index < -0.39 is 18.3 Å². The predicted octanol–water partition coefficient (Wildman–Crippen LogP) is 10.4. The van der Waals surface area contributed by atoms with E-state index in [-0.39, 0.29) is 23.0 Å². The van der Waals surface area contributed by atoms with Crippen LogP contribution < -0.4 is 23.7 Å². The van der Waals surface area contributed by atoms with Gasteiger partial charge in [-0.25, -0.2) is 0 Å². The molecule has 13 heteroatoms. The van der Waals surface area contributed by atoms with Gasteiger partial charge >= 0.3 is 0 Å². The van der Waals surface area contributed by atoms with Crippen LogP contribution >= 0.6 is 0 Å². The van der Waals surface area contributed by atoms with Gasteiger partial charge in [-0.1, -0.05) is 75.4 Å². The highest BCUT2D eigenvalue weighted by atomic mass is 16.5. The van der Waals surface area contributed by atoms with Crippen molar-refractivity contribution in [1.29, 1.82) is 0 Å². The van der Waals surface area contributed by atoms with E-state index in [2.05, 4.69) is 0 Å². The number of phenolic OH excluding ortho intramolecular Hbond substituents is 5. The Kier molecular flexibility index (Phi) is 25.7. The fraction of sp³-hybridized carbons (Fsp3) is 0.320. The van der Waals surface area contributed by atoms with Crippen LogP contribution in [0.5, 0.6) is 57.5 Å². The minimum atomic E-state index is -0.576. The highest BCUT2D eigenvalue weighted by Gasteiger charge is 2.15. The van der Waals surface area contributed by atoms with Crippen molar-refractivity contribution >= 4 is 12.2 Å². The number of hydrogen-bond donors (Lipinski definition) is 8. The van der Waals surface area contributed by atoms with Gasteiger partial charge in [0.15, 0.2) is 34.5 Å². The van der Waals surface area contributed by atoms with Crippen molar-refractivity contribution in [2.24, 2.45) is 0 Å². The van der Waals surface area contributed by atoms with Crippen molar-refractivity contribution in [1.82, 2.24) is 0 Å². The third kappa shape index (κ3) is 18.5. The zero-order valence-corrected chi connectivity index (χ0v) is 37.9. The number of benzene rings is 5. The van der Waals surface area contributed by atoms with Crippen molar-refractivity contribution in [3.63, 3.8) is 0 Å². The second-order valence-electron chi connectivity index (χ2n) is 13.4. The molecule has 344 valence electrons. The van der Waals surface area contributed by atoms with Gasteiger partial charge in [0.1, 0.15) is 11.5 Å². The van der Waals surface area contributed by atoms with E-state index in [1.54, 1.807) is 72.8 Å². The van der Waals surface area contributed by atoms with Crippen LogP contribution in [0.4, 0.5) is 0 Å². The Morgan fingerprint density at radius 3 is 1.14 bits per heavy atom. The number of aliphatic hydroxyl groups excluding tert-OH is 3. The zero-order valence-electron chi connectivity index (χ0n) is 37.9. The van der Waals surface area contributed by atoms with Gasteiger partial charge < -0.3 is 64.5 Å². The first-order valence-corrected chi connectivity index (χ1v) is 20.3. The molecule has 5 aromatic rings. The lowest BCUT2D eigenvalue weighted by Gasteiger charge is -2.13. The molecule has 0 aliphatic heterocycles. The quantitative estimate of drug-likeness (QED) is 0.0555. The Bertz CT molecular complexity index is 2050. The molecule has 3 atom stereocenters. The molecule has 5 aromatic carbocycles. The summed E-state index contributed by atoms with van der Waals surface area (Å²) in [4.78, 5) is 0. The van der Waals surface area contributed by atoms with Gasteiger partial charge in [-0.2, -0.15) is 0 Å². The standard InChI is InChI=1S/C11H16O4.C11H14O3.C10H14O3.C9H12O2.C9H10O/c1-4-8(12)7-5-9(14-2)11(13)10(6-7)15-3;1-4-5-8-6-9(13-2)11(12)10(7-8)14-3;1-3-8(11)7-4-5-9(12)10(6-7)13-2;1-2-9(11)7-3-5-8(10)6-4-7;1-2-3-8-4-6-9(10)7-5-8/h5-6,8,12-13H,4H2,1-3H3;4-7,12H,1-3H3;4-6,8,11-12H,3H2,1-2H3;3-6,9-11H,2H2,1H3;2-7,10H,1H3/b;5-4+;;;3-2+. The highest BCUT2D eigenvalue weighted by molar-refractivity contribution is 5.61. The van der Waals surface area contributed by atoms with Gasteiger partial charge in [-0.05, 0) is 122 Å². The van der Waals surface area contributed by atoms with Crippen LogP contribution in [0.1, 0.15) is 100 Å². The van der Waals surface area contributed by atoms with Crippen LogP contribution in [0.2, 0.25) is 0 Å². The van der Waals surface area contributed by atoms with Gasteiger partial charge in [0.2, 0.25) is 11.5 Å². The molecule has 3 unspecified atom stereocenters. The molecule has 0 aromatic heterocycles. The maximum atomic E-state index is 9.67. The maximum absolute atomic E-state index is 9.67. The molecule has 0 fully saturated rings. The molecule has 0 spiro atoms. The van der Waals surface area contributed by atoms with E-state index in [9.17, 15) is 30.6 Å². The second-order valence-corrected chi connectivity index (χ2v) is 13.4. The van der Waals surface area contributed by atoms with E-state index in [4.69, 9.17) is 33.9 Å². The lowest BCUT2D eigenvalue weighted by atomic mass is 10.1. The monoisotopic (exact) mass is 874 g/mol. The minimum absolute atomic E-state index is 0.0308. The molecule has 0 amide bonds. The first-order valence-electron chi connectivity index (χ1n) is 20.3. The third-order valence-electron chi connectivity index (χ3n) is 9.03. The van der Waals surface area contributed by atoms with E-state index in [1.807, 2.05) is 71.1 Å². The van der Waals surface area contributed by atoms with Crippen molar-refractivity contribution in [3.05, 3.63) is 131 Å². The van der Waals surface area contributed by atoms with Crippen LogP contribution in [0.15, 0.2) is 103 Å². The summed E-state index contributed by atoms with van der Waals surface area (Å²) in [6.07, 6.45) is 8.23. The molecule has 0 bridgehead atoms. The lowest BCUT2D eigenvalue weighted by Crippen LogP contribution is -1.98. The summed E-state index contributed by atoms with van der Waals surface area (Å²) < 4.78 is 24.9. The largest absolute Gasteiger partial charge is 0.508 e. The number of aromatic hydroxyl groups is 5. The Morgan fingerprint density at radius 2 is 0.746 bits per heavy atom. The van der Waals surface area contributed by atoms with Crippen molar-refractivity contribution in [2.45, 2.75) is 72.2 Å². The summed E-state index contributed by atoms with van der Waals surface area (Å²) in [6, 6.07) is 25.3. The Hall–Kier alpha value is -6.54. The summed E-state index contributed by atoms with van der Waals surface area (Å²) in [6.45, 7) is 9.57. The van der Waals surface area contributed by atoms with Gasteiger partial charge in [-0.3, -0.25) is 0 Å². The van der Waals surface area contributed by atoms with Crippen LogP contribution in [-0.2, 0) is 0 Å². The van der Waals surface area contributed by atoms with Gasteiger partial charge in [0, 0.05) is 0 Å². The zero-order chi connectivity index (χ0) is 47.5. The van der Waals surface area contributed by atoms with E-state index in [1.165, 1.54) is 41.6 Å². The third-order valence-corrected chi connectivity index (χ3v) is 9.03. The van der Waals surface area contributed by atoms with E-state index in [0.29, 0.717) is 59.3 Å².